The Hall–Kier alpha value is -8.45. The number of carbonyl (C=O) groups excluding carboxylic acids is 2. The number of allylic oxidation sites excluding steroid dienone is 2. The molecule has 1 N–H and O–H groups in total. The van der Waals surface area contributed by atoms with Crippen molar-refractivity contribution in [1.29, 1.82) is 5.41 Å². The van der Waals surface area contributed by atoms with Gasteiger partial charge in [-0.25, -0.2) is 9.59 Å². The quantitative estimate of drug-likeness (QED) is 0.0246. The molecule has 0 unspecified atom stereocenters. The van der Waals surface area contributed by atoms with E-state index in [0.717, 1.165) is 86.9 Å². The summed E-state index contributed by atoms with van der Waals surface area (Å²) in [5.74, 6) is 12.7. The summed E-state index contributed by atoms with van der Waals surface area (Å²) < 4.78 is 10.7. The molecule has 0 amide bonds. The van der Waals surface area contributed by atoms with Crippen LogP contribution in [0.4, 0.5) is 0 Å². The maximum absolute atomic E-state index is 12.5. The van der Waals surface area contributed by atoms with Gasteiger partial charge in [0.15, 0.2) is 0 Å². The van der Waals surface area contributed by atoms with Gasteiger partial charge in [0.2, 0.25) is 0 Å². The van der Waals surface area contributed by atoms with Crippen molar-refractivity contribution >= 4 is 17.8 Å². The number of benzene rings is 7. The van der Waals surface area contributed by atoms with E-state index >= 15 is 0 Å². The molecule has 0 fully saturated rings. The lowest BCUT2D eigenvalue weighted by Gasteiger charge is -2.38. The maximum Gasteiger partial charge on any atom is 0.338 e. The molecule has 342 valence electrons. The van der Waals surface area contributed by atoms with Crippen LogP contribution >= 0.6 is 0 Å². The zero-order valence-corrected chi connectivity index (χ0v) is 39.3. The molecule has 7 aromatic carbocycles. The van der Waals surface area contributed by atoms with Crippen molar-refractivity contribution in [3.8, 4) is 45.9 Å². The molecule has 0 radical (unpaired) electrons. The van der Waals surface area contributed by atoms with Crippen molar-refractivity contribution in [3.05, 3.63) is 251 Å². The lowest BCUT2D eigenvalue weighted by atomic mass is 9.88. The fourth-order valence-electron chi connectivity index (χ4n) is 8.01. The number of nitrogens with zero attached hydrogens (tertiary/aromatic N) is 1. The molecular weight excluding hydrogens is 849 g/mol. The molecule has 6 nitrogen and oxygen atoms in total. The summed E-state index contributed by atoms with van der Waals surface area (Å²) >= 11 is 0. The second-order valence-corrected chi connectivity index (χ2v) is 16.6. The monoisotopic (exact) mass is 904 g/mol. The summed E-state index contributed by atoms with van der Waals surface area (Å²) in [4.78, 5) is 27.2. The van der Waals surface area contributed by atoms with Crippen LogP contribution in [0.15, 0.2) is 201 Å². The Balaban J connectivity index is 1.21. The van der Waals surface area contributed by atoms with Gasteiger partial charge in [-0.15, -0.1) is 13.2 Å². The molecule has 69 heavy (non-hydrogen) atoms. The zero-order valence-electron chi connectivity index (χ0n) is 39.3. The van der Waals surface area contributed by atoms with E-state index < -0.39 is 0 Å². The number of carbonyl (C=O) groups is 2. The van der Waals surface area contributed by atoms with Crippen LogP contribution in [-0.4, -0.2) is 35.9 Å². The first kappa shape index (κ1) is 48.5. The summed E-state index contributed by atoms with van der Waals surface area (Å²) in [5.41, 5.74) is 11.0. The third-order valence-electron chi connectivity index (χ3n) is 11.9. The Labute approximate surface area is 407 Å². The largest absolute Gasteiger partial charge is 0.462 e. The van der Waals surface area contributed by atoms with Crippen molar-refractivity contribution < 1.29 is 19.1 Å². The van der Waals surface area contributed by atoms with Crippen LogP contribution in [-0.2, 0) is 9.47 Å². The van der Waals surface area contributed by atoms with Gasteiger partial charge in [-0.3, -0.25) is 5.41 Å². The molecule has 0 saturated carbocycles. The Bertz CT molecular complexity index is 2790. The molecule has 7 aromatic rings. The van der Waals surface area contributed by atoms with Crippen molar-refractivity contribution in [2.75, 3.05) is 13.2 Å². The minimum absolute atomic E-state index is 0.144. The van der Waals surface area contributed by atoms with Gasteiger partial charge in [-0.05, 0) is 146 Å². The molecule has 0 aromatic heterocycles. The number of nitrogens with one attached hydrogen (secondary N) is 1. The topological polar surface area (TPSA) is 79.7 Å². The summed E-state index contributed by atoms with van der Waals surface area (Å²) in [7, 11) is 0. The molecule has 0 aliphatic heterocycles. The summed E-state index contributed by atoms with van der Waals surface area (Å²) in [5, 5.41) is 10.3. The molecule has 0 spiro atoms. The number of esters is 2. The fourth-order valence-corrected chi connectivity index (χ4v) is 8.01. The number of rotatable bonds is 17. The predicted octanol–water partition coefficient (Wildman–Crippen LogP) is 14.2. The first-order valence-electron chi connectivity index (χ1n) is 23.3. The van der Waals surface area contributed by atoms with E-state index in [4.69, 9.17) is 9.47 Å². The predicted molar refractivity (Wildman–Crippen MR) is 280 cm³/mol. The lowest BCUT2D eigenvalue weighted by Crippen LogP contribution is -2.36. The first-order valence-corrected chi connectivity index (χ1v) is 23.3. The SMILES string of the molecule is C=CCCCOC(=O)c1ccc(C#Cc2ccc(-c3cccc(-c4ccc(C#Cc5ccc(C(=O)OCCCC=C)cc5)cc4)c3C(=N)N([C@H](C)c3ccccc3)[C@H](C)c3ccccc3)cc2)cc1. The molecule has 7 rings (SSSR count). The van der Waals surface area contributed by atoms with Crippen LogP contribution in [0.5, 0.6) is 0 Å². The van der Waals surface area contributed by atoms with Gasteiger partial charge in [-0.1, -0.05) is 139 Å². The zero-order chi connectivity index (χ0) is 48.4. The highest BCUT2D eigenvalue weighted by molar-refractivity contribution is 6.08. The Kier molecular flexibility index (Phi) is 17.1. The minimum Gasteiger partial charge on any atom is -0.462 e. The van der Waals surface area contributed by atoms with Crippen LogP contribution in [0.25, 0.3) is 22.3 Å². The van der Waals surface area contributed by atoms with E-state index in [0.29, 0.717) is 30.2 Å². The Morgan fingerprint density at radius 2 is 0.855 bits per heavy atom. The average molecular weight is 905 g/mol. The van der Waals surface area contributed by atoms with Gasteiger partial charge in [0.05, 0.1) is 36.4 Å². The third kappa shape index (κ3) is 12.9. The van der Waals surface area contributed by atoms with E-state index in [1.807, 2.05) is 97.1 Å². The minimum atomic E-state index is -0.351. The molecule has 0 aliphatic rings. The molecule has 0 saturated heterocycles. The summed E-state index contributed by atoms with van der Waals surface area (Å²) in [6.45, 7) is 12.5. The van der Waals surface area contributed by atoms with Gasteiger partial charge in [-0.2, -0.15) is 0 Å². The highest BCUT2D eigenvalue weighted by Crippen LogP contribution is 2.39. The van der Waals surface area contributed by atoms with Crippen LogP contribution in [0, 0.1) is 29.1 Å². The third-order valence-corrected chi connectivity index (χ3v) is 11.9. The summed E-state index contributed by atoms with van der Waals surface area (Å²) in [6.07, 6.45) is 6.71. The second kappa shape index (κ2) is 24.4. The molecular formula is C63H56N2O4. The van der Waals surface area contributed by atoms with E-state index in [-0.39, 0.29) is 24.0 Å². The van der Waals surface area contributed by atoms with Crippen molar-refractivity contribution in [2.45, 2.75) is 51.6 Å². The van der Waals surface area contributed by atoms with Crippen LogP contribution in [0.1, 0.15) is 111 Å². The number of unbranched alkanes of at least 4 members (excludes halogenated alkanes) is 2. The second-order valence-electron chi connectivity index (χ2n) is 16.6. The van der Waals surface area contributed by atoms with Gasteiger partial charge < -0.3 is 14.4 Å². The molecule has 0 bridgehead atoms. The van der Waals surface area contributed by atoms with E-state index in [1.165, 1.54) is 0 Å². The Morgan fingerprint density at radius 3 is 1.20 bits per heavy atom. The molecule has 6 heteroatoms. The van der Waals surface area contributed by atoms with Crippen LogP contribution < -0.4 is 0 Å². The van der Waals surface area contributed by atoms with E-state index in [9.17, 15) is 15.0 Å². The highest BCUT2D eigenvalue weighted by Gasteiger charge is 2.29. The Morgan fingerprint density at radius 1 is 0.507 bits per heavy atom. The fraction of sp³-hybridized carbons (Fsp3) is 0.159. The number of ether oxygens (including phenoxy) is 2. The average Bonchev–Trinajstić information content (AvgIpc) is 3.40. The smallest absolute Gasteiger partial charge is 0.338 e. The van der Waals surface area contributed by atoms with Crippen LogP contribution in [0.2, 0.25) is 0 Å². The normalized spacial score (nSPS) is 11.3. The van der Waals surface area contributed by atoms with Crippen molar-refractivity contribution in [3.63, 3.8) is 0 Å². The molecule has 2 atom stereocenters. The van der Waals surface area contributed by atoms with Gasteiger partial charge in [0, 0.05) is 27.8 Å². The number of hydrogen-bond donors (Lipinski definition) is 1. The first-order chi connectivity index (χ1) is 33.7. The van der Waals surface area contributed by atoms with Gasteiger partial charge in [0.25, 0.3) is 0 Å². The van der Waals surface area contributed by atoms with Gasteiger partial charge in [0.1, 0.15) is 5.84 Å². The van der Waals surface area contributed by atoms with E-state index in [2.05, 4.69) is 122 Å². The van der Waals surface area contributed by atoms with Gasteiger partial charge >= 0.3 is 11.9 Å². The standard InChI is InChI=1S/C63H56N2O4/c1-5-7-15-44-68-62(66)56-40-32-50(33-41-56)26-24-48-28-36-54(37-29-48)58-22-17-23-59(60(58)61(64)65(46(3)52-18-11-9-12-19-52)47(4)53-20-13-10-14-21-53)55-38-30-49(31-39-55)25-27-51-34-42-57(43-35-51)63(67)69-45-16-8-6-2/h5-6,9-14,17-23,28-43,46-47,64H,1-2,7-8,15-16,44-45H2,3-4H3/t46-,47-/m1/s1. The van der Waals surface area contributed by atoms with E-state index in [1.54, 1.807) is 24.3 Å². The maximum atomic E-state index is 12.5. The summed E-state index contributed by atoms with van der Waals surface area (Å²) in [6, 6.07) is 57.2. The number of hydrogen-bond acceptors (Lipinski definition) is 5. The van der Waals surface area contributed by atoms with Crippen LogP contribution in [0.3, 0.4) is 0 Å². The molecule has 0 heterocycles. The number of amidine groups is 1. The van der Waals surface area contributed by atoms with Crippen molar-refractivity contribution in [1.82, 2.24) is 4.90 Å². The molecule has 0 aliphatic carbocycles. The lowest BCUT2D eigenvalue weighted by molar-refractivity contribution is 0.0492. The highest BCUT2D eigenvalue weighted by atomic mass is 16.5. The van der Waals surface area contributed by atoms with Crippen molar-refractivity contribution in [2.24, 2.45) is 0 Å².